The van der Waals surface area contributed by atoms with Crippen LogP contribution in [0.1, 0.15) is 90.3 Å². The first-order chi connectivity index (χ1) is 28.3. The van der Waals surface area contributed by atoms with Crippen molar-refractivity contribution in [1.82, 2.24) is 0 Å². The zero-order valence-electron chi connectivity index (χ0n) is 35.2. The predicted octanol–water partition coefficient (Wildman–Crippen LogP) is 5.93. The lowest BCUT2D eigenvalue weighted by atomic mass is 9.75. The molecule has 5 N–H and O–H groups in total. The van der Waals surface area contributed by atoms with Gasteiger partial charge in [-0.2, -0.15) is 38.2 Å². The number of ether oxygens (including phenoxy) is 1. The molecule has 0 spiro atoms. The molecular weight excluding hydrogens is 889 g/mol. The molecular formula is C41H53N2O15S4+. The van der Waals surface area contributed by atoms with E-state index in [1.807, 2.05) is 31.7 Å². The molecule has 340 valence electrons. The van der Waals surface area contributed by atoms with Gasteiger partial charge in [0.05, 0.1) is 27.4 Å². The lowest BCUT2D eigenvalue weighted by molar-refractivity contribution is -0.437. The number of fused-ring (bicyclic) bond motifs is 3. The van der Waals surface area contributed by atoms with Crippen molar-refractivity contribution >= 4 is 74.7 Å². The minimum Gasteiger partial charge on any atom is -0.481 e. The first kappa shape index (κ1) is 48.8. The van der Waals surface area contributed by atoms with Gasteiger partial charge in [-0.3, -0.25) is 23.0 Å². The number of benzene rings is 2. The van der Waals surface area contributed by atoms with E-state index in [9.17, 15) is 61.8 Å². The first-order valence-corrected chi connectivity index (χ1v) is 25.9. The molecule has 3 heterocycles. The molecule has 5 rings (SSSR count). The van der Waals surface area contributed by atoms with Gasteiger partial charge in [0.2, 0.25) is 5.69 Å². The second kappa shape index (κ2) is 17.4. The molecule has 1 atom stereocenters. The zero-order valence-corrected chi connectivity index (χ0v) is 38.5. The predicted molar refractivity (Wildman–Crippen MR) is 234 cm³/mol. The summed E-state index contributed by atoms with van der Waals surface area (Å²) in [5, 5.41) is 9.50. The van der Waals surface area contributed by atoms with Gasteiger partial charge in [0.25, 0.3) is 40.5 Å². The standard InChI is InChI=1S/C41H52N2O15S4/c1-39(2,3)37-21-27(31-23-30-28(26-61(52,53)54)25-40(4,5)43(18-10-20-60(49,50)51)34(30)24-35(31)58-37)11-7-12-36-41(6,16-8-13-38(44)45)32-22-29(62(55,56)57)14-15-33(32)42(36)17-9-19-59(46,47)48/h7,11-12,14-15,21-25H,8-10,13,16-20,26H2,1-6H3,(H4-,44,45,46,47,48,49,50,51,52,53,54,55,56,57)/p+1. The number of aliphatic carboxylic acids is 1. The third kappa shape index (κ3) is 11.7. The van der Waals surface area contributed by atoms with Crippen molar-refractivity contribution < 1.29 is 71.1 Å². The van der Waals surface area contributed by atoms with Crippen LogP contribution in [0.5, 0.6) is 5.75 Å². The van der Waals surface area contributed by atoms with E-state index in [-0.39, 0.29) is 50.8 Å². The lowest BCUT2D eigenvalue weighted by Gasteiger charge is -2.44. The molecule has 2 aromatic rings. The van der Waals surface area contributed by atoms with Crippen molar-refractivity contribution in [3.05, 3.63) is 83.2 Å². The van der Waals surface area contributed by atoms with Crippen LogP contribution in [0.4, 0.5) is 11.4 Å². The molecule has 21 heteroatoms. The van der Waals surface area contributed by atoms with Crippen molar-refractivity contribution in [3.63, 3.8) is 0 Å². The number of hydrogen-bond acceptors (Lipinski definition) is 11. The van der Waals surface area contributed by atoms with Crippen molar-refractivity contribution in [1.29, 1.82) is 0 Å². The van der Waals surface area contributed by atoms with Crippen LogP contribution >= 0.6 is 0 Å². The minimum atomic E-state index is -4.67. The summed E-state index contributed by atoms with van der Waals surface area (Å²) in [5.74, 6) is -1.94. The second-order valence-electron chi connectivity index (χ2n) is 17.5. The average Bonchev–Trinajstić information content (AvgIpc) is 3.32. The molecule has 3 aliphatic heterocycles. The van der Waals surface area contributed by atoms with Crippen LogP contribution in [0.2, 0.25) is 0 Å². The van der Waals surface area contributed by atoms with Gasteiger partial charge in [-0.05, 0) is 75.5 Å². The number of carbonyl (C=O) groups is 1. The molecule has 0 amide bonds. The minimum absolute atomic E-state index is 0.0338. The fourth-order valence-electron chi connectivity index (χ4n) is 8.19. The van der Waals surface area contributed by atoms with E-state index in [2.05, 4.69) is 0 Å². The van der Waals surface area contributed by atoms with Gasteiger partial charge in [0, 0.05) is 65.4 Å². The van der Waals surface area contributed by atoms with Crippen LogP contribution in [0.15, 0.2) is 71.4 Å². The highest BCUT2D eigenvalue weighted by Gasteiger charge is 2.48. The Morgan fingerprint density at radius 3 is 2.08 bits per heavy atom. The van der Waals surface area contributed by atoms with E-state index in [0.717, 1.165) is 0 Å². The first-order valence-electron chi connectivity index (χ1n) is 19.6. The molecule has 0 saturated carbocycles. The zero-order chi connectivity index (χ0) is 46.4. The van der Waals surface area contributed by atoms with Gasteiger partial charge in [0.1, 0.15) is 23.8 Å². The Morgan fingerprint density at radius 2 is 1.50 bits per heavy atom. The fourth-order valence-corrected chi connectivity index (χ4v) is 10.3. The molecule has 0 radical (unpaired) electrons. The van der Waals surface area contributed by atoms with Crippen LogP contribution in [0, 0.1) is 5.41 Å². The topological polar surface area (TPSA) is 270 Å². The molecule has 62 heavy (non-hydrogen) atoms. The highest BCUT2D eigenvalue weighted by molar-refractivity contribution is 7.86. The smallest absolute Gasteiger partial charge is 0.303 e. The van der Waals surface area contributed by atoms with Crippen molar-refractivity contribution in [2.24, 2.45) is 5.41 Å². The molecule has 1 unspecified atom stereocenters. The molecule has 0 aromatic heterocycles. The Balaban J connectivity index is 1.72. The van der Waals surface area contributed by atoms with Crippen molar-refractivity contribution in [3.8, 4) is 5.75 Å². The van der Waals surface area contributed by atoms with Gasteiger partial charge in [-0.25, -0.2) is 0 Å². The number of nitrogens with zero attached hydrogens (tertiary/aromatic N) is 2. The quantitative estimate of drug-likeness (QED) is 0.0908. The molecule has 0 bridgehead atoms. The Hall–Kier alpha value is -4.22. The summed E-state index contributed by atoms with van der Waals surface area (Å²) in [4.78, 5) is 13.1. The molecule has 2 aromatic carbocycles. The summed E-state index contributed by atoms with van der Waals surface area (Å²) in [6.45, 7) is 11.4. The number of carboxylic acid groups (broad SMARTS) is 1. The van der Waals surface area contributed by atoms with E-state index in [1.54, 1.807) is 61.8 Å². The number of hydrogen-bond donors (Lipinski definition) is 5. The Morgan fingerprint density at radius 1 is 0.855 bits per heavy atom. The van der Waals surface area contributed by atoms with Gasteiger partial charge in [-0.15, -0.1) is 0 Å². The summed E-state index contributed by atoms with van der Waals surface area (Å²) < 4.78 is 143. The number of allylic oxidation sites excluding steroid dienone is 6. The van der Waals surface area contributed by atoms with E-state index < -0.39 is 85.0 Å². The van der Waals surface area contributed by atoms with Gasteiger partial charge >= 0.3 is 5.97 Å². The summed E-state index contributed by atoms with van der Waals surface area (Å²) >= 11 is 0. The largest absolute Gasteiger partial charge is 0.481 e. The number of anilines is 1. The lowest BCUT2D eigenvalue weighted by Crippen LogP contribution is -2.46. The normalized spacial score (nSPS) is 19.8. The van der Waals surface area contributed by atoms with Gasteiger partial charge < -0.3 is 14.7 Å². The van der Waals surface area contributed by atoms with Crippen LogP contribution in [-0.4, -0.2) is 109 Å². The van der Waals surface area contributed by atoms with Gasteiger partial charge in [-0.1, -0.05) is 39.0 Å². The number of carboxylic acids is 1. The monoisotopic (exact) mass is 941 g/mol. The maximum absolute atomic E-state index is 12.3. The summed E-state index contributed by atoms with van der Waals surface area (Å²) in [6, 6.07) is 7.42. The summed E-state index contributed by atoms with van der Waals surface area (Å²) in [5.41, 5.74) is 1.28. The maximum atomic E-state index is 12.3. The van der Waals surface area contributed by atoms with Crippen molar-refractivity contribution in [2.75, 3.05) is 35.2 Å². The second-order valence-corrected chi connectivity index (χ2v) is 23.5. The van der Waals surface area contributed by atoms with Gasteiger partial charge in [0.15, 0.2) is 5.71 Å². The summed E-state index contributed by atoms with van der Waals surface area (Å²) in [6.07, 6.45) is 8.82. The van der Waals surface area contributed by atoms with Crippen molar-refractivity contribution in [2.45, 2.75) is 89.5 Å². The molecule has 0 saturated heterocycles. The maximum Gasteiger partial charge on any atom is 0.303 e. The van der Waals surface area contributed by atoms with E-state index >= 15 is 0 Å². The Kier molecular flexibility index (Phi) is 13.7. The highest BCUT2D eigenvalue weighted by Crippen LogP contribution is 2.48. The van der Waals surface area contributed by atoms with E-state index in [1.165, 1.54) is 18.2 Å². The molecule has 0 fully saturated rings. The third-order valence-electron chi connectivity index (χ3n) is 11.0. The molecule has 0 aliphatic carbocycles. The average molecular weight is 942 g/mol. The molecule has 17 nitrogen and oxygen atoms in total. The van der Waals surface area contributed by atoms with E-state index in [0.29, 0.717) is 50.9 Å². The fraction of sp³-hybridized carbons (Fsp3) is 0.463. The third-order valence-corrected chi connectivity index (χ3v) is 14.2. The van der Waals surface area contributed by atoms with Crippen LogP contribution in [0.3, 0.4) is 0 Å². The SMILES string of the molecule is CC(C)(C)C1=CC(=CC=CC2=[N+](CCCS(=O)(=O)O)c3ccc(S(=O)(=O)O)cc3C2(C)CCCC(=O)O)c2cc3c(cc2O1)N(CCCS(=O)(=O)O)C(C)(C)C=C3CS(=O)(=O)O. The highest BCUT2D eigenvalue weighted by atomic mass is 32.2. The molecule has 3 aliphatic rings. The van der Waals surface area contributed by atoms with E-state index in [4.69, 9.17) is 4.74 Å². The van der Waals surface area contributed by atoms with Crippen LogP contribution in [0.25, 0.3) is 11.1 Å². The number of rotatable bonds is 17. The van der Waals surface area contributed by atoms with Crippen LogP contribution < -0.4 is 9.64 Å². The van der Waals surface area contributed by atoms with Crippen LogP contribution in [-0.2, 0) is 50.7 Å². The Labute approximate surface area is 363 Å². The summed E-state index contributed by atoms with van der Waals surface area (Å²) in [7, 11) is -17.8. The Bertz CT molecular complexity index is 2780.